The number of halogens is 1. The summed E-state index contributed by atoms with van der Waals surface area (Å²) in [5.41, 5.74) is -0.392. The van der Waals surface area contributed by atoms with Crippen LogP contribution in [0.4, 0.5) is 5.69 Å². The SMILES string of the molecule is C[C@@H]1C[C@H]1N1C[C@H](NC(=O)c2cc(Cl)ccc2[N+](=O)[O-])CC1=O. The second-order valence-electron chi connectivity index (χ2n) is 6.12. The van der Waals surface area contributed by atoms with Gasteiger partial charge in [-0.15, -0.1) is 0 Å². The van der Waals surface area contributed by atoms with Crippen LogP contribution in [-0.4, -0.2) is 40.3 Å². The summed E-state index contributed by atoms with van der Waals surface area (Å²) in [7, 11) is 0. The van der Waals surface area contributed by atoms with Crippen LogP contribution in [0.5, 0.6) is 0 Å². The van der Waals surface area contributed by atoms with Gasteiger partial charge in [0.1, 0.15) is 5.56 Å². The third-order valence-electron chi connectivity index (χ3n) is 4.36. The van der Waals surface area contributed by atoms with Gasteiger partial charge in [0.2, 0.25) is 5.91 Å². The smallest absolute Gasteiger partial charge is 0.282 e. The van der Waals surface area contributed by atoms with E-state index < -0.39 is 10.8 Å². The third-order valence-corrected chi connectivity index (χ3v) is 4.60. The van der Waals surface area contributed by atoms with E-state index >= 15 is 0 Å². The van der Waals surface area contributed by atoms with Gasteiger partial charge in [0.15, 0.2) is 0 Å². The van der Waals surface area contributed by atoms with Gasteiger partial charge in [0, 0.05) is 30.1 Å². The van der Waals surface area contributed by atoms with Crippen molar-refractivity contribution in [1.29, 1.82) is 0 Å². The molecule has 2 aliphatic rings. The van der Waals surface area contributed by atoms with Gasteiger partial charge in [0.25, 0.3) is 11.6 Å². The molecule has 1 saturated carbocycles. The molecule has 0 radical (unpaired) electrons. The number of nitro groups is 1. The maximum absolute atomic E-state index is 12.3. The lowest BCUT2D eigenvalue weighted by molar-refractivity contribution is -0.385. The lowest BCUT2D eigenvalue weighted by Gasteiger charge is -2.17. The fourth-order valence-electron chi connectivity index (χ4n) is 3.00. The van der Waals surface area contributed by atoms with Crippen LogP contribution in [0.3, 0.4) is 0 Å². The van der Waals surface area contributed by atoms with Crippen molar-refractivity contribution < 1.29 is 14.5 Å². The zero-order chi connectivity index (χ0) is 16.7. The van der Waals surface area contributed by atoms with Gasteiger partial charge in [-0.3, -0.25) is 19.7 Å². The highest BCUT2D eigenvalue weighted by Crippen LogP contribution is 2.37. The third kappa shape index (κ3) is 3.14. The van der Waals surface area contributed by atoms with Gasteiger partial charge >= 0.3 is 0 Å². The minimum absolute atomic E-state index is 0.0187. The topological polar surface area (TPSA) is 92.6 Å². The predicted molar refractivity (Wildman–Crippen MR) is 83.3 cm³/mol. The van der Waals surface area contributed by atoms with Crippen molar-refractivity contribution in [3.63, 3.8) is 0 Å². The summed E-state index contributed by atoms with van der Waals surface area (Å²) in [5.74, 6) is -0.0599. The zero-order valence-electron chi connectivity index (χ0n) is 12.5. The number of hydrogen-bond acceptors (Lipinski definition) is 4. The summed E-state index contributed by atoms with van der Waals surface area (Å²) in [6.07, 6.45) is 1.22. The first-order valence-corrected chi connectivity index (χ1v) is 7.79. The van der Waals surface area contributed by atoms with Crippen LogP contribution in [0.15, 0.2) is 18.2 Å². The first-order valence-electron chi connectivity index (χ1n) is 7.41. The van der Waals surface area contributed by atoms with Gasteiger partial charge < -0.3 is 10.2 Å². The summed E-state index contributed by atoms with van der Waals surface area (Å²) >= 11 is 5.83. The summed E-state index contributed by atoms with van der Waals surface area (Å²) in [4.78, 5) is 36.5. The summed E-state index contributed by atoms with van der Waals surface area (Å²) in [6, 6.07) is 3.78. The molecule has 1 aliphatic heterocycles. The van der Waals surface area contributed by atoms with Crippen LogP contribution in [0, 0.1) is 16.0 Å². The highest BCUT2D eigenvalue weighted by Gasteiger charge is 2.45. The monoisotopic (exact) mass is 337 g/mol. The van der Waals surface area contributed by atoms with Crippen LogP contribution in [0.1, 0.15) is 30.1 Å². The minimum atomic E-state index is -0.622. The molecule has 3 atom stereocenters. The number of carbonyl (C=O) groups is 2. The second-order valence-corrected chi connectivity index (χ2v) is 6.56. The molecule has 1 aromatic rings. The largest absolute Gasteiger partial charge is 0.347 e. The number of likely N-dealkylation sites (tertiary alicyclic amines) is 1. The maximum atomic E-state index is 12.3. The number of carbonyl (C=O) groups excluding carboxylic acids is 2. The molecule has 0 spiro atoms. The average Bonchev–Trinajstić information content (AvgIpc) is 3.09. The van der Waals surface area contributed by atoms with E-state index in [0.717, 1.165) is 6.42 Å². The molecule has 1 N–H and O–H groups in total. The van der Waals surface area contributed by atoms with E-state index in [1.807, 2.05) is 0 Å². The Labute approximate surface area is 137 Å². The Bertz CT molecular complexity index is 693. The standard InChI is InChI=1S/C15H16ClN3O4/c1-8-4-13(8)18-7-10(6-14(18)20)17-15(21)11-5-9(16)2-3-12(11)19(22)23/h2-3,5,8,10,13H,4,6-7H2,1H3,(H,17,21)/t8-,10-,13-/m1/s1. The predicted octanol–water partition coefficient (Wildman–Crippen LogP) is 1.99. The molecule has 23 heavy (non-hydrogen) atoms. The molecule has 3 rings (SSSR count). The molecule has 2 fully saturated rings. The van der Waals surface area contributed by atoms with Crippen LogP contribution in [-0.2, 0) is 4.79 Å². The highest BCUT2D eigenvalue weighted by atomic mass is 35.5. The van der Waals surface area contributed by atoms with Gasteiger partial charge in [-0.05, 0) is 24.5 Å². The zero-order valence-corrected chi connectivity index (χ0v) is 13.2. The molecule has 0 aromatic heterocycles. The molecule has 0 bridgehead atoms. The molecule has 1 aromatic carbocycles. The van der Waals surface area contributed by atoms with E-state index in [0.29, 0.717) is 12.5 Å². The average molecular weight is 338 g/mol. The van der Waals surface area contributed by atoms with Crippen molar-refractivity contribution in [2.45, 2.75) is 31.8 Å². The molecule has 0 unspecified atom stereocenters. The Morgan fingerprint density at radius 3 is 2.78 bits per heavy atom. The fraction of sp³-hybridized carbons (Fsp3) is 0.467. The second kappa shape index (κ2) is 5.81. The summed E-state index contributed by atoms with van der Waals surface area (Å²) in [5, 5.41) is 14.0. The number of hydrogen-bond donors (Lipinski definition) is 1. The number of benzene rings is 1. The molecule has 1 heterocycles. The van der Waals surface area contributed by atoms with Crippen molar-refractivity contribution in [2.75, 3.05) is 6.54 Å². The first-order chi connectivity index (χ1) is 10.9. The summed E-state index contributed by atoms with van der Waals surface area (Å²) in [6.45, 7) is 2.53. The van der Waals surface area contributed by atoms with Crippen molar-refractivity contribution in [3.8, 4) is 0 Å². The lowest BCUT2D eigenvalue weighted by Crippen LogP contribution is -2.38. The quantitative estimate of drug-likeness (QED) is 0.671. The van der Waals surface area contributed by atoms with E-state index in [1.54, 1.807) is 4.90 Å². The molecule has 2 amide bonds. The van der Waals surface area contributed by atoms with Gasteiger partial charge in [0.05, 0.1) is 11.0 Å². The highest BCUT2D eigenvalue weighted by molar-refractivity contribution is 6.31. The Hall–Kier alpha value is -2.15. The molecule has 1 saturated heterocycles. The first kappa shape index (κ1) is 15.7. The van der Waals surface area contributed by atoms with Crippen molar-refractivity contribution in [2.24, 2.45) is 5.92 Å². The number of amides is 2. The van der Waals surface area contributed by atoms with E-state index in [2.05, 4.69) is 12.2 Å². The Morgan fingerprint density at radius 1 is 1.48 bits per heavy atom. The molecule has 1 aliphatic carbocycles. The lowest BCUT2D eigenvalue weighted by atomic mass is 10.1. The maximum Gasteiger partial charge on any atom is 0.282 e. The van der Waals surface area contributed by atoms with E-state index in [1.165, 1.54) is 18.2 Å². The molecular formula is C15H16ClN3O4. The van der Waals surface area contributed by atoms with Gasteiger partial charge in [-0.1, -0.05) is 18.5 Å². The van der Waals surface area contributed by atoms with Crippen LogP contribution >= 0.6 is 11.6 Å². The molecule has 7 nitrogen and oxygen atoms in total. The van der Waals surface area contributed by atoms with E-state index in [9.17, 15) is 19.7 Å². The van der Waals surface area contributed by atoms with E-state index in [-0.39, 0.29) is 40.7 Å². The Morgan fingerprint density at radius 2 is 2.17 bits per heavy atom. The number of nitrogens with zero attached hydrogens (tertiary/aromatic N) is 2. The number of rotatable bonds is 4. The Balaban J connectivity index is 1.72. The molecular weight excluding hydrogens is 322 g/mol. The Kier molecular flexibility index (Phi) is 3.97. The van der Waals surface area contributed by atoms with E-state index in [4.69, 9.17) is 11.6 Å². The van der Waals surface area contributed by atoms with Crippen LogP contribution in [0.2, 0.25) is 5.02 Å². The summed E-state index contributed by atoms with van der Waals surface area (Å²) < 4.78 is 0. The van der Waals surface area contributed by atoms with Crippen molar-refractivity contribution in [3.05, 3.63) is 38.9 Å². The molecule has 8 heteroatoms. The van der Waals surface area contributed by atoms with Crippen molar-refractivity contribution in [1.82, 2.24) is 10.2 Å². The normalized spacial score (nSPS) is 26.3. The van der Waals surface area contributed by atoms with Crippen LogP contribution in [0.25, 0.3) is 0 Å². The number of nitro benzene ring substituents is 1. The van der Waals surface area contributed by atoms with Gasteiger partial charge in [-0.2, -0.15) is 0 Å². The van der Waals surface area contributed by atoms with Gasteiger partial charge in [-0.25, -0.2) is 0 Å². The van der Waals surface area contributed by atoms with Crippen LogP contribution < -0.4 is 5.32 Å². The fourth-order valence-corrected chi connectivity index (χ4v) is 3.17. The molecule has 122 valence electrons. The van der Waals surface area contributed by atoms with Crippen molar-refractivity contribution >= 4 is 29.1 Å². The minimum Gasteiger partial charge on any atom is -0.347 e. The number of nitrogens with one attached hydrogen (secondary N) is 1.